The first-order chi connectivity index (χ1) is 9.25. The van der Waals surface area contributed by atoms with Crippen LogP contribution in [0.3, 0.4) is 0 Å². The Morgan fingerprint density at radius 1 is 1.29 bits per heavy atom. The third-order valence-corrected chi connectivity index (χ3v) is 4.82. The molecule has 0 heterocycles. The normalized spacial score (nSPS) is 11.8. The van der Waals surface area contributed by atoms with Gasteiger partial charge in [0.05, 0.1) is 4.92 Å². The fourth-order valence-corrected chi connectivity index (χ4v) is 2.96. The predicted octanol–water partition coefficient (Wildman–Crippen LogP) is 1.81. The molecule has 0 saturated heterocycles. The fraction of sp³-hybridized carbons (Fsp3) is 0.500. The molecule has 0 fully saturated rings. The van der Waals surface area contributed by atoms with Crippen molar-refractivity contribution < 1.29 is 13.3 Å². The maximum atomic E-state index is 12.2. The van der Waals surface area contributed by atoms with Gasteiger partial charge in [-0.15, -0.1) is 12.4 Å². The molecule has 1 rings (SSSR count). The van der Waals surface area contributed by atoms with Crippen LogP contribution < -0.4 is 10.5 Å². The van der Waals surface area contributed by atoms with Crippen molar-refractivity contribution in [2.75, 3.05) is 6.54 Å². The second-order valence-corrected chi connectivity index (χ2v) is 6.35. The van der Waals surface area contributed by atoms with Crippen molar-refractivity contribution in [2.24, 2.45) is 5.73 Å². The predicted molar refractivity (Wildman–Crippen MR) is 83.0 cm³/mol. The third-order valence-electron chi connectivity index (χ3n) is 3.37. The van der Waals surface area contributed by atoms with Gasteiger partial charge in [0.2, 0.25) is 10.0 Å². The number of benzene rings is 1. The Morgan fingerprint density at radius 3 is 2.29 bits per heavy atom. The summed E-state index contributed by atoms with van der Waals surface area (Å²) < 4.78 is 26.7. The van der Waals surface area contributed by atoms with E-state index in [0.29, 0.717) is 12.8 Å². The highest BCUT2D eigenvalue weighted by atomic mass is 35.5. The lowest BCUT2D eigenvalue weighted by atomic mass is 9.95. The van der Waals surface area contributed by atoms with Crippen LogP contribution in [0.5, 0.6) is 0 Å². The quantitative estimate of drug-likeness (QED) is 0.581. The lowest BCUT2D eigenvalue weighted by molar-refractivity contribution is -0.387. The summed E-state index contributed by atoms with van der Waals surface area (Å²) in [7, 11) is -3.96. The minimum absolute atomic E-state index is 0. The van der Waals surface area contributed by atoms with Gasteiger partial charge in [-0.05, 0) is 18.9 Å². The van der Waals surface area contributed by atoms with E-state index in [1.807, 2.05) is 13.8 Å². The summed E-state index contributed by atoms with van der Waals surface area (Å²) in [4.78, 5) is 9.80. The molecule has 21 heavy (non-hydrogen) atoms. The molecule has 0 aliphatic heterocycles. The standard InChI is InChI=1S/C12H19N3O4S.ClH/c1-3-12(13,4-2)9-14-20(18,19)11-8-6-5-7-10(11)15(16)17;/h5-8,14H,3-4,9,13H2,1-2H3;1H. The number of nitro benzene ring substituents is 1. The van der Waals surface area contributed by atoms with Gasteiger partial charge in [-0.1, -0.05) is 26.0 Å². The molecule has 1 aromatic carbocycles. The van der Waals surface area contributed by atoms with E-state index in [1.54, 1.807) is 0 Å². The van der Waals surface area contributed by atoms with Crippen LogP contribution in [-0.2, 0) is 10.0 Å². The third kappa shape index (κ3) is 4.92. The van der Waals surface area contributed by atoms with Gasteiger partial charge in [0.1, 0.15) is 0 Å². The van der Waals surface area contributed by atoms with E-state index in [1.165, 1.54) is 18.2 Å². The van der Waals surface area contributed by atoms with Gasteiger partial charge in [-0.2, -0.15) is 0 Å². The van der Waals surface area contributed by atoms with E-state index in [4.69, 9.17) is 5.73 Å². The number of nitrogens with one attached hydrogen (secondary N) is 1. The number of nitro groups is 1. The zero-order chi connectivity index (χ0) is 15.4. The first-order valence-corrected chi connectivity index (χ1v) is 7.76. The molecule has 3 N–H and O–H groups in total. The fourth-order valence-electron chi connectivity index (χ4n) is 1.65. The molecular weight excluding hydrogens is 318 g/mol. The average Bonchev–Trinajstić information content (AvgIpc) is 2.45. The average molecular weight is 338 g/mol. The molecule has 7 nitrogen and oxygen atoms in total. The van der Waals surface area contributed by atoms with Crippen LogP contribution in [0.15, 0.2) is 29.2 Å². The lowest BCUT2D eigenvalue weighted by Crippen LogP contribution is -2.49. The molecule has 0 spiro atoms. The van der Waals surface area contributed by atoms with Crippen molar-refractivity contribution in [3.63, 3.8) is 0 Å². The molecule has 0 unspecified atom stereocenters. The molecule has 1 aromatic rings. The molecule has 0 saturated carbocycles. The van der Waals surface area contributed by atoms with Crippen LogP contribution in [-0.4, -0.2) is 25.4 Å². The number of hydrogen-bond acceptors (Lipinski definition) is 5. The minimum atomic E-state index is -3.96. The van der Waals surface area contributed by atoms with E-state index in [-0.39, 0.29) is 23.8 Å². The second-order valence-electron chi connectivity index (χ2n) is 4.62. The largest absolute Gasteiger partial charge is 0.324 e. The number of hydrogen-bond donors (Lipinski definition) is 2. The first kappa shape index (κ1) is 19.8. The Labute approximate surface area is 130 Å². The van der Waals surface area contributed by atoms with Crippen molar-refractivity contribution in [1.29, 1.82) is 0 Å². The van der Waals surface area contributed by atoms with Gasteiger partial charge in [0, 0.05) is 18.2 Å². The van der Waals surface area contributed by atoms with E-state index in [9.17, 15) is 18.5 Å². The summed E-state index contributed by atoms with van der Waals surface area (Å²) in [6.45, 7) is 3.76. The Hall–Kier alpha value is -1.22. The van der Waals surface area contributed by atoms with E-state index in [2.05, 4.69) is 4.72 Å². The number of nitrogens with two attached hydrogens (primary N) is 1. The molecule has 0 amide bonds. The number of halogens is 1. The Kier molecular flexibility index (Phi) is 7.25. The highest BCUT2D eigenvalue weighted by molar-refractivity contribution is 7.89. The van der Waals surface area contributed by atoms with Crippen LogP contribution in [0.4, 0.5) is 5.69 Å². The van der Waals surface area contributed by atoms with Gasteiger partial charge in [-0.25, -0.2) is 13.1 Å². The van der Waals surface area contributed by atoms with Crippen molar-refractivity contribution in [3.05, 3.63) is 34.4 Å². The maximum absolute atomic E-state index is 12.2. The van der Waals surface area contributed by atoms with Gasteiger partial charge in [0.15, 0.2) is 4.90 Å². The lowest BCUT2D eigenvalue weighted by Gasteiger charge is -2.26. The maximum Gasteiger partial charge on any atom is 0.289 e. The highest BCUT2D eigenvalue weighted by Gasteiger charge is 2.28. The van der Waals surface area contributed by atoms with Crippen LogP contribution in [0.25, 0.3) is 0 Å². The Morgan fingerprint density at radius 2 is 1.81 bits per heavy atom. The van der Waals surface area contributed by atoms with Gasteiger partial charge < -0.3 is 5.73 Å². The van der Waals surface area contributed by atoms with Gasteiger partial charge in [-0.3, -0.25) is 10.1 Å². The van der Waals surface area contributed by atoms with Crippen LogP contribution in [0.2, 0.25) is 0 Å². The number of sulfonamides is 1. The molecule has 0 atom stereocenters. The molecule has 0 aromatic heterocycles. The smallest absolute Gasteiger partial charge is 0.289 e. The topological polar surface area (TPSA) is 115 Å². The van der Waals surface area contributed by atoms with Crippen molar-refractivity contribution >= 4 is 28.1 Å². The number of rotatable bonds is 7. The summed E-state index contributed by atoms with van der Waals surface area (Å²) >= 11 is 0. The van der Waals surface area contributed by atoms with Crippen molar-refractivity contribution in [3.8, 4) is 0 Å². The van der Waals surface area contributed by atoms with Gasteiger partial charge in [0.25, 0.3) is 5.69 Å². The zero-order valence-corrected chi connectivity index (χ0v) is 13.5. The monoisotopic (exact) mass is 337 g/mol. The molecule has 9 heteroatoms. The highest BCUT2D eigenvalue weighted by Crippen LogP contribution is 2.23. The Bertz CT molecular complexity index is 588. The first-order valence-electron chi connectivity index (χ1n) is 6.27. The van der Waals surface area contributed by atoms with E-state index >= 15 is 0 Å². The van der Waals surface area contributed by atoms with Crippen LogP contribution in [0.1, 0.15) is 26.7 Å². The summed E-state index contributed by atoms with van der Waals surface area (Å²) in [6, 6.07) is 5.22. The van der Waals surface area contributed by atoms with Crippen molar-refractivity contribution in [1.82, 2.24) is 4.72 Å². The minimum Gasteiger partial charge on any atom is -0.324 e. The molecule has 120 valence electrons. The van der Waals surface area contributed by atoms with Gasteiger partial charge >= 0.3 is 0 Å². The zero-order valence-electron chi connectivity index (χ0n) is 11.9. The molecule has 0 bridgehead atoms. The van der Waals surface area contributed by atoms with E-state index < -0.39 is 26.2 Å². The molecule has 0 aliphatic rings. The summed E-state index contributed by atoms with van der Waals surface area (Å²) in [6.07, 6.45) is 1.20. The SMILES string of the molecule is CCC(N)(CC)CNS(=O)(=O)c1ccccc1[N+](=O)[O-].Cl. The summed E-state index contributed by atoms with van der Waals surface area (Å²) in [5, 5.41) is 10.9. The molecular formula is C12H20ClN3O4S. The van der Waals surface area contributed by atoms with Crippen LogP contribution >= 0.6 is 12.4 Å². The molecule has 0 radical (unpaired) electrons. The summed E-state index contributed by atoms with van der Waals surface area (Å²) in [5.41, 5.74) is 4.91. The summed E-state index contributed by atoms with van der Waals surface area (Å²) in [5.74, 6) is 0. The van der Waals surface area contributed by atoms with Crippen LogP contribution in [0, 0.1) is 10.1 Å². The van der Waals surface area contributed by atoms with Crippen molar-refractivity contribution in [2.45, 2.75) is 37.1 Å². The molecule has 0 aliphatic carbocycles. The van der Waals surface area contributed by atoms with E-state index in [0.717, 1.165) is 6.07 Å². The number of para-hydroxylation sites is 1. The Balaban J connectivity index is 0.00000400. The number of nitrogens with zero attached hydrogens (tertiary/aromatic N) is 1. The second kappa shape index (κ2) is 7.69.